The summed E-state index contributed by atoms with van der Waals surface area (Å²) >= 11 is 6.06. The van der Waals surface area contributed by atoms with Gasteiger partial charge in [-0.25, -0.2) is 9.79 Å². The molecule has 1 heterocycles. The second kappa shape index (κ2) is 8.42. The lowest BCUT2D eigenvalue weighted by molar-refractivity contribution is -0.123. The first-order chi connectivity index (χ1) is 12.9. The molecule has 1 aliphatic heterocycles. The number of nitrogens with zero attached hydrogens (tertiary/aromatic N) is 1. The van der Waals surface area contributed by atoms with Crippen LogP contribution in [0.3, 0.4) is 0 Å². The van der Waals surface area contributed by atoms with Crippen molar-refractivity contribution < 1.29 is 14.7 Å². The molecule has 1 fully saturated rings. The van der Waals surface area contributed by atoms with Gasteiger partial charge in [-0.2, -0.15) is 0 Å². The van der Waals surface area contributed by atoms with Crippen molar-refractivity contribution in [1.29, 1.82) is 0 Å². The zero-order chi connectivity index (χ0) is 19.6. The third-order valence-electron chi connectivity index (χ3n) is 5.79. The van der Waals surface area contributed by atoms with Crippen LogP contribution < -0.4 is 5.32 Å². The highest BCUT2D eigenvalue weighted by molar-refractivity contribution is 6.32. The Morgan fingerprint density at radius 1 is 1.37 bits per heavy atom. The molecule has 27 heavy (non-hydrogen) atoms. The Morgan fingerprint density at radius 2 is 2.15 bits per heavy atom. The number of urea groups is 1. The minimum Gasteiger partial charge on any atom is -0.506 e. The largest absolute Gasteiger partial charge is 0.506 e. The maximum atomic E-state index is 13.3. The van der Waals surface area contributed by atoms with Gasteiger partial charge < -0.3 is 10.4 Å². The Hall–Kier alpha value is -1.88. The molecule has 0 saturated heterocycles. The number of carbonyl (C=O) groups excluding carboxylic acids is 2. The Labute approximate surface area is 165 Å². The summed E-state index contributed by atoms with van der Waals surface area (Å²) in [7, 11) is 0. The summed E-state index contributed by atoms with van der Waals surface area (Å²) in [6.07, 6.45) is 5.65. The SMILES string of the molecule is CCC1=NC(=O)NC(c2ccc(O)c(Cl)c2)C1C(=O)CC1CCCC(C)C1. The monoisotopic (exact) mass is 390 g/mol. The Bertz CT molecular complexity index is 762. The second-order valence-corrected chi connectivity index (χ2v) is 8.29. The van der Waals surface area contributed by atoms with Gasteiger partial charge in [-0.05, 0) is 42.4 Å². The van der Waals surface area contributed by atoms with E-state index in [9.17, 15) is 14.7 Å². The number of phenolic OH excluding ortho intramolecular Hbond substituents is 1. The Balaban J connectivity index is 1.88. The predicted molar refractivity (Wildman–Crippen MR) is 106 cm³/mol. The van der Waals surface area contributed by atoms with Gasteiger partial charge in [0.2, 0.25) is 0 Å². The van der Waals surface area contributed by atoms with Crippen molar-refractivity contribution in [2.45, 2.75) is 58.4 Å². The molecule has 2 aliphatic rings. The van der Waals surface area contributed by atoms with Crippen LogP contribution in [0.5, 0.6) is 5.75 Å². The van der Waals surface area contributed by atoms with Gasteiger partial charge in [0, 0.05) is 12.1 Å². The topological polar surface area (TPSA) is 78.8 Å². The van der Waals surface area contributed by atoms with E-state index in [0.29, 0.717) is 36.0 Å². The van der Waals surface area contributed by atoms with Crippen LogP contribution >= 0.6 is 11.6 Å². The third-order valence-corrected chi connectivity index (χ3v) is 6.09. The van der Waals surface area contributed by atoms with Gasteiger partial charge in [0.1, 0.15) is 11.5 Å². The van der Waals surface area contributed by atoms with Crippen molar-refractivity contribution in [3.63, 3.8) is 0 Å². The summed E-state index contributed by atoms with van der Waals surface area (Å²) in [5, 5.41) is 12.7. The van der Waals surface area contributed by atoms with Gasteiger partial charge in [0.25, 0.3) is 0 Å². The Morgan fingerprint density at radius 3 is 2.81 bits per heavy atom. The minimum absolute atomic E-state index is 0.0222. The van der Waals surface area contributed by atoms with E-state index < -0.39 is 18.0 Å². The molecular weight excluding hydrogens is 364 g/mol. The smallest absolute Gasteiger partial charge is 0.341 e. The van der Waals surface area contributed by atoms with E-state index in [0.717, 1.165) is 12.8 Å². The molecule has 0 spiro atoms. The zero-order valence-corrected chi connectivity index (χ0v) is 16.6. The van der Waals surface area contributed by atoms with Crippen LogP contribution in [-0.4, -0.2) is 22.6 Å². The fourth-order valence-corrected chi connectivity index (χ4v) is 4.65. The van der Waals surface area contributed by atoms with Crippen molar-refractivity contribution in [3.8, 4) is 5.75 Å². The van der Waals surface area contributed by atoms with Gasteiger partial charge in [-0.3, -0.25) is 4.79 Å². The second-order valence-electron chi connectivity index (χ2n) is 7.88. The van der Waals surface area contributed by atoms with E-state index >= 15 is 0 Å². The highest BCUT2D eigenvalue weighted by Gasteiger charge is 2.38. The summed E-state index contributed by atoms with van der Waals surface area (Å²) in [5.41, 5.74) is 1.34. The number of aliphatic imine (C=N–C) groups is 1. The van der Waals surface area contributed by atoms with Gasteiger partial charge in [-0.1, -0.05) is 50.8 Å². The van der Waals surface area contributed by atoms with Crippen LogP contribution in [0.1, 0.15) is 64.0 Å². The summed E-state index contributed by atoms with van der Waals surface area (Å²) in [6.45, 7) is 4.17. The van der Waals surface area contributed by atoms with Gasteiger partial charge in [0.05, 0.1) is 17.0 Å². The van der Waals surface area contributed by atoms with Crippen LogP contribution in [0, 0.1) is 17.8 Å². The third kappa shape index (κ3) is 4.52. The molecule has 2 amide bonds. The van der Waals surface area contributed by atoms with E-state index in [2.05, 4.69) is 17.2 Å². The first-order valence-corrected chi connectivity index (χ1v) is 10.2. The van der Waals surface area contributed by atoms with Crippen molar-refractivity contribution in [1.82, 2.24) is 5.32 Å². The van der Waals surface area contributed by atoms with E-state index in [4.69, 9.17) is 11.6 Å². The minimum atomic E-state index is -0.503. The molecule has 6 heteroatoms. The van der Waals surface area contributed by atoms with Gasteiger partial charge in [-0.15, -0.1) is 0 Å². The molecule has 146 valence electrons. The van der Waals surface area contributed by atoms with Gasteiger partial charge in [0.15, 0.2) is 0 Å². The summed E-state index contributed by atoms with van der Waals surface area (Å²) < 4.78 is 0. The fourth-order valence-electron chi connectivity index (χ4n) is 4.46. The highest BCUT2D eigenvalue weighted by Crippen LogP contribution is 2.36. The van der Waals surface area contributed by atoms with Crippen molar-refractivity contribution in [2.24, 2.45) is 22.7 Å². The molecule has 1 aliphatic carbocycles. The molecule has 5 nitrogen and oxygen atoms in total. The molecule has 0 radical (unpaired) electrons. The number of rotatable bonds is 5. The highest BCUT2D eigenvalue weighted by atomic mass is 35.5. The summed E-state index contributed by atoms with van der Waals surface area (Å²) in [5.74, 6) is 0.690. The number of aromatic hydroxyl groups is 1. The van der Waals surface area contributed by atoms with Crippen LogP contribution in [0.15, 0.2) is 23.2 Å². The van der Waals surface area contributed by atoms with Crippen LogP contribution in [0.25, 0.3) is 0 Å². The quantitative estimate of drug-likeness (QED) is 0.737. The fraction of sp³-hybridized carbons (Fsp3) is 0.571. The molecule has 2 N–H and O–H groups in total. The maximum Gasteiger partial charge on any atom is 0.341 e. The number of nitrogens with one attached hydrogen (secondary N) is 1. The normalized spacial score (nSPS) is 28.4. The van der Waals surface area contributed by atoms with Gasteiger partial charge >= 0.3 is 6.03 Å². The van der Waals surface area contributed by atoms with Crippen LogP contribution in [-0.2, 0) is 4.79 Å². The van der Waals surface area contributed by atoms with E-state index in [-0.39, 0.29) is 16.6 Å². The standard InChI is InChI=1S/C21H27ClN2O3/c1-3-16-19(18(26)10-13-6-4-5-12(2)9-13)20(24-21(27)23-16)14-7-8-17(25)15(22)11-14/h7-8,11-13,19-20,25H,3-6,9-10H2,1-2H3,(H,24,27). The number of carbonyl (C=O) groups is 2. The zero-order valence-electron chi connectivity index (χ0n) is 15.9. The number of halogens is 1. The van der Waals surface area contributed by atoms with Crippen molar-refractivity contribution >= 4 is 29.1 Å². The lowest BCUT2D eigenvalue weighted by Gasteiger charge is -2.33. The number of benzene rings is 1. The van der Waals surface area contributed by atoms with Crippen LogP contribution in [0.2, 0.25) is 5.02 Å². The number of Topliss-reactive ketones (excluding diaryl/α,β-unsaturated/α-hetero) is 1. The molecule has 1 aromatic rings. The molecule has 1 saturated carbocycles. The number of hydrogen-bond donors (Lipinski definition) is 2. The molecule has 1 aromatic carbocycles. The molecular formula is C21H27ClN2O3. The van der Waals surface area contributed by atoms with E-state index in [1.807, 2.05) is 6.92 Å². The predicted octanol–water partition coefficient (Wildman–Crippen LogP) is 5.06. The first kappa shape index (κ1) is 19.9. The number of hydrogen-bond acceptors (Lipinski definition) is 3. The van der Waals surface area contributed by atoms with Crippen LogP contribution in [0.4, 0.5) is 4.79 Å². The molecule has 0 bridgehead atoms. The molecule has 0 aromatic heterocycles. The average molecular weight is 391 g/mol. The first-order valence-electron chi connectivity index (χ1n) is 9.78. The number of ketones is 1. The Kier molecular flexibility index (Phi) is 6.20. The maximum absolute atomic E-state index is 13.3. The van der Waals surface area contributed by atoms with E-state index in [1.54, 1.807) is 12.1 Å². The number of amides is 2. The number of phenols is 1. The molecule has 4 atom stereocenters. The van der Waals surface area contributed by atoms with Crippen molar-refractivity contribution in [3.05, 3.63) is 28.8 Å². The lowest BCUT2D eigenvalue weighted by Crippen LogP contribution is -2.44. The van der Waals surface area contributed by atoms with E-state index in [1.165, 1.54) is 18.9 Å². The average Bonchev–Trinajstić information content (AvgIpc) is 2.63. The van der Waals surface area contributed by atoms with Crippen molar-refractivity contribution in [2.75, 3.05) is 0 Å². The lowest BCUT2D eigenvalue weighted by atomic mass is 9.75. The molecule has 4 unspecified atom stereocenters. The summed E-state index contributed by atoms with van der Waals surface area (Å²) in [6, 6.07) is 3.87. The summed E-state index contributed by atoms with van der Waals surface area (Å²) in [4.78, 5) is 29.4. The molecule has 3 rings (SSSR count).